The van der Waals surface area contributed by atoms with Crippen LogP contribution in [0.1, 0.15) is 81.5 Å². The molecule has 2 amide bonds. The van der Waals surface area contributed by atoms with Crippen molar-refractivity contribution in [3.63, 3.8) is 0 Å². The minimum absolute atomic E-state index is 0.112. The van der Waals surface area contributed by atoms with Gasteiger partial charge < -0.3 is 16.0 Å². The number of aromatic nitrogens is 8. The van der Waals surface area contributed by atoms with Crippen LogP contribution in [-0.2, 0) is 15.0 Å². The fourth-order valence-corrected chi connectivity index (χ4v) is 8.22. The van der Waals surface area contributed by atoms with E-state index in [-0.39, 0.29) is 23.2 Å². The van der Waals surface area contributed by atoms with Crippen molar-refractivity contribution in [3.8, 4) is 23.6 Å². The molecular weight excluding hydrogens is 723 g/mol. The fraction of sp³-hybridized carbons (Fsp3) is 0.450. The van der Waals surface area contributed by atoms with Crippen molar-refractivity contribution in [3.05, 3.63) is 65.9 Å². The second-order valence-corrected chi connectivity index (χ2v) is 15.6. The van der Waals surface area contributed by atoms with E-state index in [2.05, 4.69) is 51.9 Å². The van der Waals surface area contributed by atoms with Gasteiger partial charge in [-0.05, 0) is 82.5 Å². The van der Waals surface area contributed by atoms with Gasteiger partial charge in [-0.25, -0.2) is 19.6 Å². The highest BCUT2D eigenvalue weighted by Crippen LogP contribution is 2.37. The van der Waals surface area contributed by atoms with E-state index < -0.39 is 11.5 Å². The van der Waals surface area contributed by atoms with E-state index >= 15 is 0 Å². The molecule has 0 spiro atoms. The number of carbonyl (C=O) groups excluding carboxylic acids is 2. The Bertz CT molecular complexity index is 2380. The van der Waals surface area contributed by atoms with Gasteiger partial charge in [0.05, 0.1) is 47.0 Å². The third kappa shape index (κ3) is 7.58. The molecule has 1 aliphatic carbocycles. The summed E-state index contributed by atoms with van der Waals surface area (Å²) in [5, 5.41) is 38.9. The molecule has 2 saturated heterocycles. The first kappa shape index (κ1) is 37.5. The van der Waals surface area contributed by atoms with Gasteiger partial charge in [-0.15, -0.1) is 5.10 Å². The Labute approximate surface area is 329 Å². The van der Waals surface area contributed by atoms with Gasteiger partial charge in [0.25, 0.3) is 0 Å². The van der Waals surface area contributed by atoms with Gasteiger partial charge in [0.2, 0.25) is 11.8 Å². The van der Waals surface area contributed by atoms with Crippen LogP contribution in [0.3, 0.4) is 0 Å². The number of imide groups is 1. The van der Waals surface area contributed by atoms with Crippen molar-refractivity contribution in [2.75, 3.05) is 48.7 Å². The fourth-order valence-electron chi connectivity index (χ4n) is 8.22. The Morgan fingerprint density at radius 2 is 1.82 bits per heavy atom. The predicted molar refractivity (Wildman–Crippen MR) is 211 cm³/mol. The number of carbonyl (C=O) groups is 2. The Morgan fingerprint density at radius 3 is 2.54 bits per heavy atom. The number of anilines is 3. The van der Waals surface area contributed by atoms with Crippen molar-refractivity contribution in [2.45, 2.75) is 76.2 Å². The Balaban J connectivity index is 0.845. The van der Waals surface area contributed by atoms with Crippen molar-refractivity contribution in [1.82, 2.24) is 49.9 Å². The van der Waals surface area contributed by atoms with Crippen molar-refractivity contribution in [2.24, 2.45) is 5.92 Å². The molecule has 17 nitrogen and oxygen atoms in total. The zero-order valence-corrected chi connectivity index (χ0v) is 32.1. The molecule has 17 heteroatoms. The summed E-state index contributed by atoms with van der Waals surface area (Å²) in [7, 11) is 0. The highest BCUT2D eigenvalue weighted by Gasteiger charge is 2.40. The third-order valence-corrected chi connectivity index (χ3v) is 11.9. The number of nitriles is 2. The number of fused-ring (bicyclic) bond motifs is 1. The van der Waals surface area contributed by atoms with Crippen LogP contribution in [0.5, 0.6) is 0 Å². The van der Waals surface area contributed by atoms with Crippen LogP contribution in [0.2, 0.25) is 0 Å². The molecule has 2 atom stereocenters. The zero-order valence-electron chi connectivity index (χ0n) is 32.1. The summed E-state index contributed by atoms with van der Waals surface area (Å²) in [6.07, 6.45) is 13.5. The van der Waals surface area contributed by atoms with Crippen LogP contribution in [-0.4, -0.2) is 95.2 Å². The molecule has 0 bridgehead atoms. The first-order valence-electron chi connectivity index (χ1n) is 19.5. The average Bonchev–Trinajstić information content (AvgIpc) is 3.89. The molecule has 2 aliphatic heterocycles. The molecule has 5 aromatic rings. The molecule has 0 aromatic carbocycles. The highest BCUT2D eigenvalue weighted by atomic mass is 16.2. The van der Waals surface area contributed by atoms with Crippen LogP contribution < -0.4 is 21.3 Å². The number of nitrogens with one attached hydrogen (secondary N) is 2. The second kappa shape index (κ2) is 15.6. The Hall–Kier alpha value is -6.46. The normalized spacial score (nSPS) is 22.1. The van der Waals surface area contributed by atoms with Crippen molar-refractivity contribution >= 4 is 40.2 Å². The summed E-state index contributed by atoms with van der Waals surface area (Å²) in [6, 6.07) is 11.2. The van der Waals surface area contributed by atoms with Gasteiger partial charge in [-0.1, -0.05) is 11.3 Å². The molecule has 3 fully saturated rings. The smallest absolute Gasteiger partial charge is 0.236 e. The lowest BCUT2D eigenvalue weighted by Crippen LogP contribution is -2.50. The number of nitrogens with zero attached hydrogens (tertiary/aromatic N) is 12. The zero-order chi connectivity index (χ0) is 39.7. The number of nitrogen functional groups attached to an aromatic ring is 1. The minimum Gasteiger partial charge on any atom is -0.383 e. The molecule has 4 N–H and O–H groups in total. The number of piperidine rings is 1. The molecule has 5 aromatic heterocycles. The van der Waals surface area contributed by atoms with Crippen LogP contribution in [0.4, 0.5) is 17.3 Å². The van der Waals surface area contributed by atoms with E-state index in [4.69, 9.17) is 10.7 Å². The van der Waals surface area contributed by atoms with E-state index in [0.717, 1.165) is 75.5 Å². The van der Waals surface area contributed by atoms with E-state index in [0.29, 0.717) is 52.9 Å². The quantitative estimate of drug-likeness (QED) is 0.172. The van der Waals surface area contributed by atoms with Crippen LogP contribution in [0.15, 0.2) is 49.1 Å². The Morgan fingerprint density at radius 1 is 1.04 bits per heavy atom. The number of amides is 2. The maximum Gasteiger partial charge on any atom is 0.236 e. The summed E-state index contributed by atoms with van der Waals surface area (Å²) in [5.41, 5.74) is 9.09. The largest absolute Gasteiger partial charge is 0.383 e. The van der Waals surface area contributed by atoms with Crippen molar-refractivity contribution in [1.29, 1.82) is 10.5 Å². The lowest BCUT2D eigenvalue weighted by Gasteiger charge is -2.37. The maximum absolute atomic E-state index is 12.6. The standard InChI is InChI=1S/C40H45N15O2/c1-25(19-41)47-31-18-35(55-38-29(21-46-55)17-28(20-42)37(43)49-38)45-23-33(31)54-24-32(50-51-54)27-5-3-26(4-6-27)10-12-52-13-15-53(16-14-52)34-8-7-30(22-44-34)40(2)11-9-36(56)48-39(40)57/h7-8,17-18,21-27H,3-6,9-16H2,1-2H3,(H2,43,49)(H,45,47)(H,48,56,57)/t25-,26?,27?,40-/m1/s1. The topological polar surface area (TPSA) is 225 Å². The third-order valence-electron chi connectivity index (χ3n) is 11.9. The SMILES string of the molecule is C[C@H](C#N)Nc1cc(-n2ncc3cc(C#N)c(N)nc32)ncc1-n1cc(C2CCC(CCN3CCN(c4ccc([C@@]5(C)CCC(=O)NC5=O)cn4)CC3)CC2)nn1. The average molecular weight is 768 g/mol. The van der Waals surface area contributed by atoms with Crippen LogP contribution in [0, 0.1) is 28.6 Å². The predicted octanol–water partition coefficient (Wildman–Crippen LogP) is 3.75. The van der Waals surface area contributed by atoms with E-state index in [1.807, 2.05) is 31.3 Å². The first-order chi connectivity index (χ1) is 27.6. The summed E-state index contributed by atoms with van der Waals surface area (Å²) in [4.78, 5) is 42.9. The Kier molecular flexibility index (Phi) is 10.2. The molecule has 0 unspecified atom stereocenters. The lowest BCUT2D eigenvalue weighted by molar-refractivity contribution is -0.137. The molecule has 1 saturated carbocycles. The van der Waals surface area contributed by atoms with Crippen LogP contribution in [0.25, 0.3) is 22.5 Å². The number of hydrogen-bond acceptors (Lipinski definition) is 14. The summed E-state index contributed by atoms with van der Waals surface area (Å²) >= 11 is 0. The number of pyridine rings is 3. The van der Waals surface area contributed by atoms with E-state index in [9.17, 15) is 20.1 Å². The molecule has 8 rings (SSSR count). The molecular formula is C40H45N15O2. The number of rotatable bonds is 10. The lowest BCUT2D eigenvalue weighted by atomic mass is 9.76. The van der Waals surface area contributed by atoms with E-state index in [1.54, 1.807) is 47.0 Å². The highest BCUT2D eigenvalue weighted by molar-refractivity contribution is 6.03. The van der Waals surface area contributed by atoms with Crippen molar-refractivity contribution < 1.29 is 9.59 Å². The van der Waals surface area contributed by atoms with Gasteiger partial charge in [0, 0.05) is 56.2 Å². The van der Waals surface area contributed by atoms with Gasteiger partial charge in [-0.3, -0.25) is 19.8 Å². The van der Waals surface area contributed by atoms with Gasteiger partial charge >= 0.3 is 0 Å². The summed E-state index contributed by atoms with van der Waals surface area (Å²) in [5.74, 6) is 2.02. The maximum atomic E-state index is 12.6. The summed E-state index contributed by atoms with van der Waals surface area (Å²) in [6.45, 7) is 8.51. The van der Waals surface area contributed by atoms with Crippen LogP contribution >= 0.6 is 0 Å². The van der Waals surface area contributed by atoms with E-state index in [1.165, 1.54) is 6.42 Å². The first-order valence-corrected chi connectivity index (χ1v) is 19.5. The molecule has 3 aliphatic rings. The molecule has 0 radical (unpaired) electrons. The van der Waals surface area contributed by atoms with Gasteiger partial charge in [0.1, 0.15) is 29.4 Å². The molecule has 292 valence electrons. The van der Waals surface area contributed by atoms with Gasteiger partial charge in [-0.2, -0.15) is 20.3 Å². The monoisotopic (exact) mass is 767 g/mol. The van der Waals surface area contributed by atoms with Gasteiger partial charge in [0.15, 0.2) is 11.5 Å². The molecule has 57 heavy (non-hydrogen) atoms. The number of nitrogens with two attached hydrogens (primary N) is 1. The second-order valence-electron chi connectivity index (χ2n) is 15.6. The summed E-state index contributed by atoms with van der Waals surface area (Å²) < 4.78 is 3.26. The minimum atomic E-state index is -0.735. The number of piperazine rings is 1. The number of hydrogen-bond donors (Lipinski definition) is 3. The molecule has 7 heterocycles.